The summed E-state index contributed by atoms with van der Waals surface area (Å²) in [7, 11) is 1.59. The zero-order valence-electron chi connectivity index (χ0n) is 15.4. The van der Waals surface area contributed by atoms with Gasteiger partial charge in [0, 0.05) is 44.4 Å². The topological polar surface area (TPSA) is 91.0 Å². The molecule has 2 N–H and O–H groups in total. The third-order valence-corrected chi connectivity index (χ3v) is 5.24. The Morgan fingerprint density at radius 3 is 2.56 bits per heavy atom. The van der Waals surface area contributed by atoms with Crippen molar-refractivity contribution in [3.8, 4) is 5.75 Å². The summed E-state index contributed by atoms with van der Waals surface area (Å²) in [5.74, 6) is 0.256. The highest BCUT2D eigenvalue weighted by Gasteiger charge is 2.30. The number of rotatable bonds is 5. The quantitative estimate of drug-likeness (QED) is 0.734. The molecule has 0 saturated carbocycles. The Hall–Kier alpha value is -2.48. The van der Waals surface area contributed by atoms with Gasteiger partial charge in [0.2, 0.25) is 5.91 Å². The van der Waals surface area contributed by atoms with Gasteiger partial charge in [-0.3, -0.25) is 14.9 Å². The maximum Gasteiger partial charge on any atom is 0.322 e. The molecule has 9 heteroatoms. The average molecular weight is 395 g/mol. The van der Waals surface area contributed by atoms with Gasteiger partial charge in [0.05, 0.1) is 12.1 Å². The van der Waals surface area contributed by atoms with E-state index in [1.54, 1.807) is 12.0 Å². The van der Waals surface area contributed by atoms with Crippen LogP contribution in [-0.4, -0.2) is 62.1 Å². The molecule has 2 saturated heterocycles. The van der Waals surface area contributed by atoms with E-state index < -0.39 is 12.1 Å². The van der Waals surface area contributed by atoms with E-state index in [-0.39, 0.29) is 18.2 Å². The summed E-state index contributed by atoms with van der Waals surface area (Å²) in [6, 6.07) is 2.69. The minimum atomic E-state index is -0.619. The molecule has 2 fully saturated rings. The first-order chi connectivity index (χ1) is 12.9. The molecular formula is C18H23ClN4O4. The van der Waals surface area contributed by atoms with E-state index >= 15 is 0 Å². The third kappa shape index (κ3) is 4.27. The van der Waals surface area contributed by atoms with Gasteiger partial charge in [-0.05, 0) is 25.0 Å². The van der Waals surface area contributed by atoms with Gasteiger partial charge in [-0.2, -0.15) is 0 Å². The van der Waals surface area contributed by atoms with Gasteiger partial charge in [-0.1, -0.05) is 11.6 Å². The van der Waals surface area contributed by atoms with Crippen LogP contribution in [0.15, 0.2) is 12.1 Å². The van der Waals surface area contributed by atoms with Crippen molar-refractivity contribution in [1.29, 1.82) is 0 Å². The molecule has 0 aliphatic carbocycles. The van der Waals surface area contributed by atoms with Gasteiger partial charge in [0.1, 0.15) is 11.8 Å². The van der Waals surface area contributed by atoms with Crippen molar-refractivity contribution < 1.29 is 19.1 Å². The molecule has 2 aliphatic rings. The molecule has 0 spiro atoms. The van der Waals surface area contributed by atoms with Gasteiger partial charge in [0.25, 0.3) is 5.91 Å². The minimum absolute atomic E-state index is 0.00555. The number of ether oxygens (including phenoxy) is 1. The highest BCUT2D eigenvalue weighted by atomic mass is 35.5. The van der Waals surface area contributed by atoms with Crippen LogP contribution in [0, 0.1) is 6.92 Å². The van der Waals surface area contributed by atoms with Crippen LogP contribution in [0.25, 0.3) is 0 Å². The Balaban J connectivity index is 1.53. The van der Waals surface area contributed by atoms with Crippen LogP contribution in [0.1, 0.15) is 18.4 Å². The van der Waals surface area contributed by atoms with Crippen molar-refractivity contribution in [2.24, 2.45) is 0 Å². The number of imide groups is 1. The fraction of sp³-hybridized carbons (Fsp3) is 0.500. The number of hydrogen-bond donors (Lipinski definition) is 2. The summed E-state index contributed by atoms with van der Waals surface area (Å²) in [4.78, 5) is 39.1. The van der Waals surface area contributed by atoms with Gasteiger partial charge in [-0.15, -0.1) is 0 Å². The number of halogens is 1. The van der Waals surface area contributed by atoms with Crippen molar-refractivity contribution in [2.45, 2.75) is 25.8 Å². The predicted octanol–water partition coefficient (Wildman–Crippen LogP) is 1.29. The maximum atomic E-state index is 12.4. The van der Waals surface area contributed by atoms with Crippen molar-refractivity contribution in [2.75, 3.05) is 38.2 Å². The largest absolute Gasteiger partial charge is 0.495 e. The fourth-order valence-corrected chi connectivity index (χ4v) is 3.72. The lowest BCUT2D eigenvalue weighted by atomic mass is 10.1. The van der Waals surface area contributed by atoms with E-state index in [1.165, 1.54) is 0 Å². The first-order valence-electron chi connectivity index (χ1n) is 8.87. The highest BCUT2D eigenvalue weighted by Crippen LogP contribution is 2.33. The molecule has 146 valence electrons. The molecular weight excluding hydrogens is 372 g/mol. The van der Waals surface area contributed by atoms with E-state index in [9.17, 15) is 14.4 Å². The number of nitrogens with one attached hydrogen (secondary N) is 2. The zero-order valence-corrected chi connectivity index (χ0v) is 16.1. The second-order valence-corrected chi connectivity index (χ2v) is 7.10. The molecule has 1 atom stereocenters. The Labute approximate surface area is 162 Å². The number of piperazine rings is 1. The summed E-state index contributed by atoms with van der Waals surface area (Å²) >= 11 is 6.16. The summed E-state index contributed by atoms with van der Waals surface area (Å²) in [6.45, 7) is 4.62. The van der Waals surface area contributed by atoms with Crippen LogP contribution in [-0.2, 0) is 9.59 Å². The van der Waals surface area contributed by atoms with E-state index in [4.69, 9.17) is 16.3 Å². The smallest absolute Gasteiger partial charge is 0.322 e. The number of carbonyl (C=O) groups excluding carboxylic acids is 3. The zero-order chi connectivity index (χ0) is 19.6. The molecule has 4 amide bonds. The van der Waals surface area contributed by atoms with Crippen molar-refractivity contribution in [3.05, 3.63) is 22.7 Å². The number of aryl methyl sites for hydroxylation is 1. The Kier molecular flexibility index (Phi) is 5.74. The lowest BCUT2D eigenvalue weighted by Gasteiger charge is -2.37. The molecule has 0 unspecified atom stereocenters. The van der Waals surface area contributed by atoms with Crippen LogP contribution < -0.4 is 20.3 Å². The van der Waals surface area contributed by atoms with E-state index in [0.717, 1.165) is 11.3 Å². The van der Waals surface area contributed by atoms with E-state index in [2.05, 4.69) is 15.5 Å². The molecule has 3 rings (SSSR count). The highest BCUT2D eigenvalue weighted by molar-refractivity contribution is 6.32. The van der Waals surface area contributed by atoms with Crippen LogP contribution in [0.4, 0.5) is 10.5 Å². The van der Waals surface area contributed by atoms with Gasteiger partial charge < -0.3 is 19.9 Å². The number of hydrogen-bond acceptors (Lipinski definition) is 5. The normalized spacial score (nSPS) is 19.7. The van der Waals surface area contributed by atoms with Crippen molar-refractivity contribution in [3.63, 3.8) is 0 Å². The van der Waals surface area contributed by atoms with Gasteiger partial charge >= 0.3 is 6.03 Å². The molecule has 2 heterocycles. The molecule has 0 aromatic heterocycles. The molecule has 8 nitrogen and oxygen atoms in total. The second-order valence-electron chi connectivity index (χ2n) is 6.70. The van der Waals surface area contributed by atoms with E-state index in [0.29, 0.717) is 43.4 Å². The molecule has 0 radical (unpaired) electrons. The van der Waals surface area contributed by atoms with Crippen molar-refractivity contribution in [1.82, 2.24) is 15.5 Å². The predicted molar refractivity (Wildman–Crippen MR) is 101 cm³/mol. The molecule has 2 aliphatic heterocycles. The molecule has 0 bridgehead atoms. The standard InChI is InChI=1S/C18H23ClN4O4/c1-11-9-12(19)15(27-2)10-14(11)22-5-7-23(8-6-22)16(24)4-3-13-17(25)21-18(26)20-13/h9-10,13H,3-8H2,1-2H3,(H2,20,21,25,26)/t13-/m1/s1. The number of benzene rings is 1. The lowest BCUT2D eigenvalue weighted by Crippen LogP contribution is -2.49. The molecule has 1 aromatic carbocycles. The Bertz CT molecular complexity index is 762. The monoisotopic (exact) mass is 394 g/mol. The summed E-state index contributed by atoms with van der Waals surface area (Å²) in [5.41, 5.74) is 2.11. The van der Waals surface area contributed by atoms with Crippen LogP contribution >= 0.6 is 11.6 Å². The Morgan fingerprint density at radius 1 is 1.26 bits per heavy atom. The maximum absolute atomic E-state index is 12.4. The SMILES string of the molecule is COc1cc(N2CCN(C(=O)CC[C@H]3NC(=O)NC3=O)CC2)c(C)cc1Cl. The van der Waals surface area contributed by atoms with E-state index in [1.807, 2.05) is 19.1 Å². The molecule has 27 heavy (non-hydrogen) atoms. The Morgan fingerprint density at radius 2 is 1.96 bits per heavy atom. The minimum Gasteiger partial charge on any atom is -0.495 e. The fourth-order valence-electron chi connectivity index (χ4n) is 3.42. The molecule has 1 aromatic rings. The summed E-state index contributed by atoms with van der Waals surface area (Å²) in [6.07, 6.45) is 0.538. The number of anilines is 1. The summed E-state index contributed by atoms with van der Waals surface area (Å²) in [5, 5.41) is 5.26. The number of nitrogens with zero attached hydrogens (tertiary/aromatic N) is 2. The first-order valence-corrected chi connectivity index (χ1v) is 9.25. The van der Waals surface area contributed by atoms with Crippen LogP contribution in [0.2, 0.25) is 5.02 Å². The number of methoxy groups -OCH3 is 1. The third-order valence-electron chi connectivity index (χ3n) is 4.95. The number of carbonyl (C=O) groups is 3. The lowest BCUT2D eigenvalue weighted by molar-refractivity contribution is -0.131. The van der Waals surface area contributed by atoms with Crippen LogP contribution in [0.5, 0.6) is 5.75 Å². The summed E-state index contributed by atoms with van der Waals surface area (Å²) < 4.78 is 5.30. The van der Waals surface area contributed by atoms with Gasteiger partial charge in [0.15, 0.2) is 0 Å². The second kappa shape index (κ2) is 8.04. The van der Waals surface area contributed by atoms with Crippen molar-refractivity contribution >= 4 is 35.1 Å². The first kappa shape index (κ1) is 19.3. The average Bonchev–Trinajstić information content (AvgIpc) is 2.97. The number of amides is 4. The van der Waals surface area contributed by atoms with Gasteiger partial charge in [-0.25, -0.2) is 4.79 Å². The van der Waals surface area contributed by atoms with Crippen LogP contribution in [0.3, 0.4) is 0 Å². The number of urea groups is 1.